The molecule has 2 rings (SSSR count). The molecular weight excluding hydrogens is 394 g/mol. The van der Waals surface area contributed by atoms with Crippen LogP contribution in [-0.2, 0) is 9.53 Å². The van der Waals surface area contributed by atoms with Crippen LogP contribution < -0.4 is 16.0 Å². The summed E-state index contributed by atoms with van der Waals surface area (Å²) in [5, 5.41) is 8.23. The minimum Gasteiger partial charge on any atom is -0.444 e. The van der Waals surface area contributed by atoms with Gasteiger partial charge in [-0.15, -0.1) is 0 Å². The first kappa shape index (κ1) is 23.7. The van der Waals surface area contributed by atoms with Crippen molar-refractivity contribution in [3.8, 4) is 0 Å². The van der Waals surface area contributed by atoms with Gasteiger partial charge in [-0.3, -0.25) is 14.9 Å². The fourth-order valence-corrected chi connectivity index (χ4v) is 2.59. The first-order valence-electron chi connectivity index (χ1n) is 10.1. The van der Waals surface area contributed by atoms with E-state index in [0.717, 1.165) is 0 Å². The zero-order valence-electron chi connectivity index (χ0n) is 18.1. The lowest BCUT2D eigenvalue weighted by atomic mass is 10.2. The number of carbonyl (C=O) groups excluding carboxylic acids is 3. The Bertz CT molecular complexity index is 918. The first-order valence-corrected chi connectivity index (χ1v) is 10.1. The predicted molar refractivity (Wildman–Crippen MR) is 122 cm³/mol. The number of unbranched alkanes of at least 4 members (excludes halogenated alkanes) is 1. The Hall–Kier alpha value is -3.61. The summed E-state index contributed by atoms with van der Waals surface area (Å²) in [5.74, 6) is -0.428. The second kappa shape index (κ2) is 11.5. The van der Waals surface area contributed by atoms with Gasteiger partial charge < -0.3 is 15.4 Å². The van der Waals surface area contributed by atoms with Crippen LogP contribution in [0.3, 0.4) is 0 Å². The molecule has 0 fully saturated rings. The molecule has 0 aliphatic carbocycles. The number of amides is 3. The van der Waals surface area contributed by atoms with Crippen molar-refractivity contribution in [2.75, 3.05) is 17.2 Å². The van der Waals surface area contributed by atoms with Crippen molar-refractivity contribution in [1.29, 1.82) is 0 Å². The summed E-state index contributed by atoms with van der Waals surface area (Å²) in [6.07, 6.45) is 3.93. The number of nitrogens with one attached hydrogen (secondary N) is 3. The average molecular weight is 424 g/mol. The maximum absolute atomic E-state index is 12.2. The van der Waals surface area contributed by atoms with Crippen LogP contribution in [0, 0.1) is 0 Å². The topological polar surface area (TPSA) is 96.5 Å². The van der Waals surface area contributed by atoms with Crippen LogP contribution >= 0.6 is 0 Å². The van der Waals surface area contributed by atoms with E-state index < -0.39 is 11.7 Å². The minimum absolute atomic E-state index is 0.114. The third kappa shape index (κ3) is 9.16. The highest BCUT2D eigenvalue weighted by molar-refractivity contribution is 6.03. The lowest BCUT2D eigenvalue weighted by Gasteiger charge is -2.20. The lowest BCUT2D eigenvalue weighted by molar-refractivity contribution is -0.111. The number of carbonyl (C=O) groups is 3. The molecule has 0 saturated heterocycles. The number of allylic oxidation sites excluding steroid dienone is 1. The van der Waals surface area contributed by atoms with Crippen molar-refractivity contribution in [2.45, 2.75) is 39.2 Å². The summed E-state index contributed by atoms with van der Waals surface area (Å²) in [6, 6.07) is 15.9. The molecule has 0 bridgehead atoms. The zero-order valence-corrected chi connectivity index (χ0v) is 18.1. The van der Waals surface area contributed by atoms with Gasteiger partial charge >= 0.3 is 6.09 Å². The molecule has 0 heterocycles. The molecule has 0 aliphatic heterocycles. The van der Waals surface area contributed by atoms with Crippen molar-refractivity contribution in [2.24, 2.45) is 0 Å². The Labute approximate surface area is 182 Å². The summed E-state index contributed by atoms with van der Waals surface area (Å²) in [7, 11) is 0. The molecule has 3 N–H and O–H groups in total. The largest absolute Gasteiger partial charge is 0.444 e. The molecule has 0 atom stereocenters. The molecule has 7 heteroatoms. The van der Waals surface area contributed by atoms with E-state index in [0.29, 0.717) is 36.3 Å². The average Bonchev–Trinajstić information content (AvgIpc) is 2.71. The van der Waals surface area contributed by atoms with Crippen molar-refractivity contribution in [1.82, 2.24) is 5.32 Å². The molecule has 7 nitrogen and oxygen atoms in total. The van der Waals surface area contributed by atoms with Crippen LogP contribution in [0.1, 0.15) is 44.0 Å². The van der Waals surface area contributed by atoms with Gasteiger partial charge in [0.25, 0.3) is 5.91 Å². The second-order valence-electron chi connectivity index (χ2n) is 7.83. The molecule has 2 aromatic carbocycles. The van der Waals surface area contributed by atoms with E-state index in [1.807, 2.05) is 18.2 Å². The number of ether oxygens (including phenoxy) is 1. The van der Waals surface area contributed by atoms with Crippen LogP contribution in [-0.4, -0.2) is 30.1 Å². The van der Waals surface area contributed by atoms with E-state index in [4.69, 9.17) is 4.74 Å². The smallest absolute Gasteiger partial charge is 0.412 e. The molecule has 0 unspecified atom stereocenters. The van der Waals surface area contributed by atoms with E-state index in [2.05, 4.69) is 16.0 Å². The first-order chi connectivity index (χ1) is 14.7. The standard InChI is InChI=1S/C24H29N3O4/c1-24(2,3)31-23(30)27-20-15-10-9-14-19(20)26-21(28)16-8-5-11-17-25-22(29)18-12-6-4-7-13-18/h4,6-10,12-16H,5,11,17H2,1-3H3,(H,25,29)(H,26,28)(H,27,30)/b16-8+. The van der Waals surface area contributed by atoms with Crippen LogP contribution in [0.25, 0.3) is 0 Å². The van der Waals surface area contributed by atoms with E-state index in [9.17, 15) is 14.4 Å². The molecule has 0 spiro atoms. The van der Waals surface area contributed by atoms with Gasteiger partial charge in [-0.2, -0.15) is 0 Å². The van der Waals surface area contributed by atoms with Crippen LogP contribution in [0.4, 0.5) is 16.2 Å². The number of hydrogen-bond donors (Lipinski definition) is 3. The molecule has 0 radical (unpaired) electrons. The van der Waals surface area contributed by atoms with E-state index in [1.165, 1.54) is 6.08 Å². The summed E-state index contributed by atoms with van der Waals surface area (Å²) >= 11 is 0. The Morgan fingerprint density at radius 1 is 0.903 bits per heavy atom. The Balaban J connectivity index is 1.76. The molecule has 2 aromatic rings. The summed E-state index contributed by atoms with van der Waals surface area (Å²) in [5.41, 5.74) is 0.919. The third-order valence-corrected chi connectivity index (χ3v) is 3.96. The van der Waals surface area contributed by atoms with Crippen molar-refractivity contribution >= 4 is 29.3 Å². The van der Waals surface area contributed by atoms with Crippen molar-refractivity contribution in [3.05, 3.63) is 72.3 Å². The molecule has 0 aromatic heterocycles. The Morgan fingerprint density at radius 3 is 2.16 bits per heavy atom. The van der Waals surface area contributed by atoms with Gasteiger partial charge in [-0.25, -0.2) is 4.79 Å². The number of para-hydroxylation sites is 2. The fraction of sp³-hybridized carbons (Fsp3) is 0.292. The van der Waals surface area contributed by atoms with E-state index in [-0.39, 0.29) is 11.8 Å². The van der Waals surface area contributed by atoms with Gasteiger partial charge in [0.15, 0.2) is 0 Å². The SMILES string of the molecule is CC(C)(C)OC(=O)Nc1ccccc1NC(=O)/C=C/CCCNC(=O)c1ccccc1. The normalized spacial score (nSPS) is 11.1. The van der Waals surface area contributed by atoms with Gasteiger partial charge in [-0.1, -0.05) is 36.4 Å². The monoisotopic (exact) mass is 423 g/mol. The highest BCUT2D eigenvalue weighted by Crippen LogP contribution is 2.22. The molecule has 3 amide bonds. The van der Waals surface area contributed by atoms with Crippen molar-refractivity contribution in [3.63, 3.8) is 0 Å². The number of rotatable bonds is 8. The number of anilines is 2. The highest BCUT2D eigenvalue weighted by atomic mass is 16.6. The lowest BCUT2D eigenvalue weighted by Crippen LogP contribution is -2.27. The molecular formula is C24H29N3O4. The van der Waals surface area contributed by atoms with Crippen molar-refractivity contribution < 1.29 is 19.1 Å². The molecule has 0 saturated carbocycles. The Morgan fingerprint density at radius 2 is 1.52 bits per heavy atom. The van der Waals surface area contributed by atoms with Crippen LogP contribution in [0.2, 0.25) is 0 Å². The van der Waals surface area contributed by atoms with Gasteiger partial charge in [0.1, 0.15) is 5.60 Å². The van der Waals surface area contributed by atoms with Gasteiger partial charge in [0, 0.05) is 12.1 Å². The Kier molecular flexibility index (Phi) is 8.81. The number of benzene rings is 2. The van der Waals surface area contributed by atoms with Gasteiger partial charge in [0.05, 0.1) is 11.4 Å². The summed E-state index contributed by atoms with van der Waals surface area (Å²) in [6.45, 7) is 5.84. The second-order valence-corrected chi connectivity index (χ2v) is 7.83. The summed E-state index contributed by atoms with van der Waals surface area (Å²) in [4.78, 5) is 36.1. The predicted octanol–water partition coefficient (Wildman–Crippen LogP) is 4.74. The van der Waals surface area contributed by atoms with Crippen LogP contribution in [0.5, 0.6) is 0 Å². The number of hydrogen-bond acceptors (Lipinski definition) is 4. The maximum Gasteiger partial charge on any atom is 0.412 e. The third-order valence-electron chi connectivity index (χ3n) is 3.96. The van der Waals surface area contributed by atoms with E-state index in [1.54, 1.807) is 63.2 Å². The van der Waals surface area contributed by atoms with Gasteiger partial charge in [0.2, 0.25) is 5.91 Å². The maximum atomic E-state index is 12.2. The quantitative estimate of drug-likeness (QED) is 0.422. The van der Waals surface area contributed by atoms with E-state index >= 15 is 0 Å². The van der Waals surface area contributed by atoms with Crippen LogP contribution in [0.15, 0.2) is 66.7 Å². The van der Waals surface area contributed by atoms with Gasteiger partial charge in [-0.05, 0) is 64.0 Å². The highest BCUT2D eigenvalue weighted by Gasteiger charge is 2.17. The summed E-state index contributed by atoms with van der Waals surface area (Å²) < 4.78 is 5.24. The minimum atomic E-state index is -0.619. The fourth-order valence-electron chi connectivity index (χ4n) is 2.59. The molecule has 31 heavy (non-hydrogen) atoms. The molecule has 164 valence electrons. The zero-order chi connectivity index (χ0) is 22.7. The molecule has 0 aliphatic rings.